The van der Waals surface area contributed by atoms with Crippen molar-refractivity contribution in [3.63, 3.8) is 0 Å². The molecule has 0 aromatic carbocycles. The summed E-state index contributed by atoms with van der Waals surface area (Å²) in [5.74, 6) is 0. The van der Waals surface area contributed by atoms with E-state index in [4.69, 9.17) is 5.73 Å². The zero-order valence-electron chi connectivity index (χ0n) is 10.4. The molecule has 0 spiro atoms. The molecular weight excluding hydrogens is 302 g/mol. The minimum absolute atomic E-state index is 0.309. The first kappa shape index (κ1) is 14.6. The fraction of sp³-hybridized carbons (Fsp3) is 0.364. The predicted octanol–water partition coefficient (Wildman–Crippen LogP) is 1.49. The second kappa shape index (κ2) is 6.10. The lowest BCUT2D eigenvalue weighted by atomic mass is 10.4. The topological polar surface area (TPSA) is 85.1 Å². The van der Waals surface area contributed by atoms with Crippen molar-refractivity contribution >= 4 is 32.7 Å². The van der Waals surface area contributed by atoms with Crippen LogP contribution in [0.4, 0.5) is 0 Å². The lowest BCUT2D eigenvalue weighted by molar-refractivity contribution is 0.583. The van der Waals surface area contributed by atoms with Crippen LogP contribution in [0.3, 0.4) is 0 Å². The fourth-order valence-electron chi connectivity index (χ4n) is 1.49. The second-order valence-corrected chi connectivity index (χ2v) is 8.06. The van der Waals surface area contributed by atoms with Crippen LogP contribution in [0.5, 0.6) is 0 Å². The van der Waals surface area contributed by atoms with Crippen molar-refractivity contribution in [1.82, 2.24) is 9.71 Å². The number of sulfonamides is 1. The van der Waals surface area contributed by atoms with Gasteiger partial charge in [-0.2, -0.15) is 0 Å². The molecule has 0 saturated heterocycles. The van der Waals surface area contributed by atoms with Crippen molar-refractivity contribution in [2.45, 2.75) is 24.1 Å². The summed E-state index contributed by atoms with van der Waals surface area (Å²) in [6.07, 6.45) is 0.604. The van der Waals surface area contributed by atoms with Crippen LogP contribution in [0.1, 0.15) is 15.6 Å². The zero-order valence-corrected chi connectivity index (χ0v) is 12.9. The number of aryl methyl sites for hydroxylation is 1. The molecule has 0 saturated carbocycles. The summed E-state index contributed by atoms with van der Waals surface area (Å²) in [4.78, 5) is 5.15. The largest absolute Gasteiger partial charge is 0.326 e. The van der Waals surface area contributed by atoms with Gasteiger partial charge in [-0.05, 0) is 19.1 Å². The van der Waals surface area contributed by atoms with Gasteiger partial charge in [-0.25, -0.2) is 18.1 Å². The van der Waals surface area contributed by atoms with Crippen LogP contribution >= 0.6 is 22.7 Å². The van der Waals surface area contributed by atoms with Gasteiger partial charge in [-0.1, -0.05) is 0 Å². The van der Waals surface area contributed by atoms with Gasteiger partial charge in [0.2, 0.25) is 10.0 Å². The van der Waals surface area contributed by atoms with E-state index >= 15 is 0 Å². The maximum Gasteiger partial charge on any atom is 0.250 e. The molecule has 2 aromatic heterocycles. The molecule has 0 unspecified atom stereocenters. The van der Waals surface area contributed by atoms with E-state index in [1.807, 2.05) is 12.3 Å². The monoisotopic (exact) mass is 317 g/mol. The Kier molecular flexibility index (Phi) is 4.69. The quantitative estimate of drug-likeness (QED) is 0.845. The average molecular weight is 317 g/mol. The molecule has 2 heterocycles. The Hall–Kier alpha value is -0.800. The Balaban J connectivity index is 1.94. The third-order valence-corrected chi connectivity index (χ3v) is 6.49. The lowest BCUT2D eigenvalue weighted by Gasteiger charge is -2.03. The highest BCUT2D eigenvalue weighted by Gasteiger charge is 2.16. The second-order valence-electron chi connectivity index (χ2n) is 3.96. The Morgan fingerprint density at radius 1 is 1.42 bits per heavy atom. The van der Waals surface area contributed by atoms with E-state index in [0.29, 0.717) is 23.7 Å². The normalized spacial score (nSPS) is 11.9. The van der Waals surface area contributed by atoms with Crippen LogP contribution in [0.15, 0.2) is 21.7 Å². The van der Waals surface area contributed by atoms with Gasteiger partial charge in [0.05, 0.1) is 5.01 Å². The molecule has 0 amide bonds. The van der Waals surface area contributed by atoms with E-state index < -0.39 is 10.0 Å². The number of rotatable bonds is 6. The van der Waals surface area contributed by atoms with Crippen LogP contribution in [-0.4, -0.2) is 19.9 Å². The minimum atomic E-state index is -3.42. The minimum Gasteiger partial charge on any atom is -0.326 e. The molecule has 2 rings (SSSR count). The molecule has 104 valence electrons. The summed E-state index contributed by atoms with van der Waals surface area (Å²) < 4.78 is 26.9. The highest BCUT2D eigenvalue weighted by atomic mass is 32.2. The summed E-state index contributed by atoms with van der Waals surface area (Å²) >= 11 is 2.75. The van der Waals surface area contributed by atoms with Gasteiger partial charge in [0, 0.05) is 35.5 Å². The van der Waals surface area contributed by atoms with Gasteiger partial charge in [-0.3, -0.25) is 0 Å². The van der Waals surface area contributed by atoms with Gasteiger partial charge in [-0.15, -0.1) is 22.7 Å². The molecule has 0 aliphatic heterocycles. The molecule has 2 aromatic rings. The number of hydrogen-bond acceptors (Lipinski definition) is 6. The summed E-state index contributed by atoms with van der Waals surface area (Å²) in [6, 6.07) is 3.33. The van der Waals surface area contributed by atoms with E-state index in [0.717, 1.165) is 15.6 Å². The molecule has 0 aliphatic carbocycles. The van der Waals surface area contributed by atoms with Gasteiger partial charge in [0.1, 0.15) is 4.21 Å². The number of nitrogens with two attached hydrogens (primary N) is 1. The Labute approximate surface area is 120 Å². The molecule has 8 heteroatoms. The van der Waals surface area contributed by atoms with Crippen molar-refractivity contribution in [3.8, 4) is 0 Å². The number of nitrogens with zero attached hydrogens (tertiary/aromatic N) is 1. The zero-order chi connectivity index (χ0) is 13.9. The first-order chi connectivity index (χ1) is 9.01. The number of aromatic nitrogens is 1. The molecule has 5 nitrogen and oxygen atoms in total. The molecule has 0 fully saturated rings. The van der Waals surface area contributed by atoms with Crippen molar-refractivity contribution < 1.29 is 8.42 Å². The van der Waals surface area contributed by atoms with E-state index in [9.17, 15) is 8.42 Å². The Morgan fingerprint density at radius 3 is 2.79 bits per heavy atom. The van der Waals surface area contributed by atoms with E-state index in [1.165, 1.54) is 11.3 Å². The molecule has 0 bridgehead atoms. The van der Waals surface area contributed by atoms with Gasteiger partial charge in [0.15, 0.2) is 0 Å². The molecule has 0 radical (unpaired) electrons. The van der Waals surface area contributed by atoms with E-state index in [2.05, 4.69) is 9.71 Å². The summed E-state index contributed by atoms with van der Waals surface area (Å²) in [5.41, 5.74) is 6.44. The van der Waals surface area contributed by atoms with Gasteiger partial charge < -0.3 is 5.73 Å². The van der Waals surface area contributed by atoms with Crippen LogP contribution in [-0.2, 0) is 23.0 Å². The third kappa shape index (κ3) is 3.83. The summed E-state index contributed by atoms with van der Waals surface area (Å²) in [6.45, 7) is 2.63. The lowest BCUT2D eigenvalue weighted by Crippen LogP contribution is -2.25. The number of thiophene rings is 1. The van der Waals surface area contributed by atoms with Crippen LogP contribution < -0.4 is 10.5 Å². The Morgan fingerprint density at radius 2 is 2.21 bits per heavy atom. The SMILES string of the molecule is Cc1csc(CCNS(=O)(=O)c2ccc(CN)s2)n1. The predicted molar refractivity (Wildman–Crippen MR) is 78.0 cm³/mol. The molecule has 0 atom stereocenters. The van der Waals surface area contributed by atoms with Crippen LogP contribution in [0.25, 0.3) is 0 Å². The molecule has 19 heavy (non-hydrogen) atoms. The van der Waals surface area contributed by atoms with E-state index in [-0.39, 0.29) is 0 Å². The fourth-order valence-corrected chi connectivity index (χ4v) is 4.58. The average Bonchev–Trinajstić information content (AvgIpc) is 2.98. The van der Waals surface area contributed by atoms with Crippen molar-refractivity contribution in [1.29, 1.82) is 0 Å². The van der Waals surface area contributed by atoms with Crippen LogP contribution in [0.2, 0.25) is 0 Å². The van der Waals surface area contributed by atoms with Gasteiger partial charge >= 0.3 is 0 Å². The van der Waals surface area contributed by atoms with Gasteiger partial charge in [0.25, 0.3) is 0 Å². The highest BCUT2D eigenvalue weighted by molar-refractivity contribution is 7.91. The van der Waals surface area contributed by atoms with Crippen molar-refractivity contribution in [2.75, 3.05) is 6.54 Å². The number of hydrogen-bond donors (Lipinski definition) is 2. The molecule has 3 N–H and O–H groups in total. The van der Waals surface area contributed by atoms with Crippen molar-refractivity contribution in [2.24, 2.45) is 5.73 Å². The number of thiazole rings is 1. The number of nitrogens with one attached hydrogen (secondary N) is 1. The third-order valence-electron chi connectivity index (χ3n) is 2.40. The summed E-state index contributed by atoms with van der Waals surface area (Å²) in [5, 5.41) is 2.89. The maximum atomic E-state index is 12.0. The van der Waals surface area contributed by atoms with Crippen molar-refractivity contribution in [3.05, 3.63) is 33.1 Å². The smallest absolute Gasteiger partial charge is 0.250 e. The summed E-state index contributed by atoms with van der Waals surface area (Å²) in [7, 11) is -3.42. The highest BCUT2D eigenvalue weighted by Crippen LogP contribution is 2.20. The van der Waals surface area contributed by atoms with E-state index in [1.54, 1.807) is 23.5 Å². The maximum absolute atomic E-state index is 12.0. The first-order valence-electron chi connectivity index (χ1n) is 5.71. The Bertz CT molecular complexity index is 646. The first-order valence-corrected chi connectivity index (χ1v) is 8.88. The van der Waals surface area contributed by atoms with Crippen LogP contribution in [0, 0.1) is 6.92 Å². The molecular formula is C11H15N3O2S3. The standard InChI is InChI=1S/C11H15N3O2S3/c1-8-7-17-10(14-8)4-5-13-19(15,16)11-3-2-9(6-12)18-11/h2-3,7,13H,4-6,12H2,1H3. The molecule has 0 aliphatic rings.